The van der Waals surface area contributed by atoms with Crippen molar-refractivity contribution in [3.05, 3.63) is 47.5 Å². The summed E-state index contributed by atoms with van der Waals surface area (Å²) >= 11 is 3.44. The highest BCUT2D eigenvalue weighted by atomic mass is 79.9. The monoisotopic (exact) mass is 282 g/mol. The Labute approximate surface area is 105 Å². The first kappa shape index (κ1) is 12.8. The van der Waals surface area contributed by atoms with Crippen molar-refractivity contribution < 1.29 is 9.47 Å². The molecule has 0 saturated carbocycles. The maximum absolute atomic E-state index is 5.57. The van der Waals surface area contributed by atoms with Crippen molar-refractivity contribution in [1.82, 2.24) is 0 Å². The largest absolute Gasteiger partial charge is 0.489 e. The van der Waals surface area contributed by atoms with Crippen LogP contribution < -0.4 is 9.47 Å². The molecule has 86 valence electrons. The second-order valence-electron chi connectivity index (χ2n) is 3.20. The zero-order valence-electron chi connectivity index (χ0n) is 9.33. The highest BCUT2D eigenvalue weighted by Gasteiger charge is 2.10. The van der Waals surface area contributed by atoms with Crippen LogP contribution in [0.2, 0.25) is 0 Å². The van der Waals surface area contributed by atoms with Gasteiger partial charge in [0.15, 0.2) is 0 Å². The molecule has 0 N–H and O–H groups in total. The molecule has 0 bridgehead atoms. The predicted molar refractivity (Wildman–Crippen MR) is 70.3 cm³/mol. The predicted octanol–water partition coefficient (Wildman–Crippen LogP) is 3.89. The van der Waals surface area contributed by atoms with Gasteiger partial charge in [-0.15, -0.1) is 0 Å². The summed E-state index contributed by atoms with van der Waals surface area (Å²) in [6.45, 7) is 10.2. The normalized spacial score (nSPS) is 9.62. The van der Waals surface area contributed by atoms with Gasteiger partial charge in [-0.05, 0) is 35.0 Å². The Morgan fingerprint density at radius 1 is 1.19 bits per heavy atom. The van der Waals surface area contributed by atoms with Crippen molar-refractivity contribution in [3.63, 3.8) is 0 Å². The summed E-state index contributed by atoms with van der Waals surface area (Å²) in [5.74, 6) is 1.60. The van der Waals surface area contributed by atoms with Crippen LogP contribution in [0.3, 0.4) is 0 Å². The molecule has 0 amide bonds. The van der Waals surface area contributed by atoms with Crippen molar-refractivity contribution >= 4 is 15.9 Å². The van der Waals surface area contributed by atoms with Gasteiger partial charge >= 0.3 is 0 Å². The zero-order chi connectivity index (χ0) is 12.0. The van der Waals surface area contributed by atoms with Gasteiger partial charge in [-0.3, -0.25) is 0 Å². The molecule has 0 spiro atoms. The van der Waals surface area contributed by atoms with Crippen LogP contribution in [0.25, 0.3) is 0 Å². The molecule has 0 heterocycles. The first-order valence-electron chi connectivity index (χ1n) is 4.97. The molecule has 3 heteroatoms. The maximum Gasteiger partial charge on any atom is 0.140 e. The first-order valence-corrected chi connectivity index (χ1v) is 5.76. The molecular weight excluding hydrogens is 268 g/mol. The smallest absolute Gasteiger partial charge is 0.140 e. The molecule has 1 rings (SSSR count). The highest BCUT2D eigenvalue weighted by Crippen LogP contribution is 2.35. The number of benzene rings is 1. The van der Waals surface area contributed by atoms with E-state index in [0.717, 1.165) is 21.5 Å². The lowest BCUT2D eigenvalue weighted by Crippen LogP contribution is -2.00. The van der Waals surface area contributed by atoms with E-state index in [1.54, 1.807) is 12.2 Å². The van der Waals surface area contributed by atoms with Crippen LogP contribution >= 0.6 is 15.9 Å². The fourth-order valence-electron chi connectivity index (χ4n) is 1.27. The van der Waals surface area contributed by atoms with Gasteiger partial charge in [-0.1, -0.05) is 25.3 Å². The fraction of sp³-hybridized carbons (Fsp3) is 0.231. The highest BCUT2D eigenvalue weighted by molar-refractivity contribution is 9.10. The summed E-state index contributed by atoms with van der Waals surface area (Å²) in [4.78, 5) is 0. The lowest BCUT2D eigenvalue weighted by atomic mass is 10.2. The molecule has 0 aliphatic carbocycles. The van der Waals surface area contributed by atoms with E-state index in [1.165, 1.54) is 0 Å². The summed E-state index contributed by atoms with van der Waals surface area (Å²) in [5.41, 5.74) is 0.970. The molecule has 2 nitrogen and oxygen atoms in total. The molecule has 0 unspecified atom stereocenters. The molecule has 16 heavy (non-hydrogen) atoms. The second kappa shape index (κ2) is 6.38. The number of hydrogen-bond acceptors (Lipinski definition) is 2. The molecule has 0 atom stereocenters. The Hall–Kier alpha value is -1.22. The van der Waals surface area contributed by atoms with Gasteiger partial charge in [0.1, 0.15) is 24.7 Å². The number of ether oxygens (including phenoxy) is 2. The number of halogens is 1. The van der Waals surface area contributed by atoms with Crippen LogP contribution in [0, 0.1) is 6.92 Å². The Kier molecular flexibility index (Phi) is 5.12. The van der Waals surface area contributed by atoms with Crippen LogP contribution in [0.4, 0.5) is 0 Å². The molecule has 1 aromatic carbocycles. The first-order chi connectivity index (χ1) is 7.70. The summed E-state index contributed by atoms with van der Waals surface area (Å²) < 4.78 is 12.0. The average molecular weight is 283 g/mol. The third-order valence-corrected chi connectivity index (χ3v) is 2.63. The Morgan fingerprint density at radius 3 is 2.44 bits per heavy atom. The lowest BCUT2D eigenvalue weighted by Gasteiger charge is -2.13. The van der Waals surface area contributed by atoms with E-state index in [2.05, 4.69) is 29.1 Å². The van der Waals surface area contributed by atoms with Crippen molar-refractivity contribution in [3.8, 4) is 11.5 Å². The molecular formula is C13H15BrO2. The Balaban J connectivity index is 2.95. The van der Waals surface area contributed by atoms with Gasteiger partial charge in [0.25, 0.3) is 0 Å². The minimum absolute atomic E-state index is 0.477. The van der Waals surface area contributed by atoms with Gasteiger partial charge in [-0.2, -0.15) is 0 Å². The third-order valence-electron chi connectivity index (χ3n) is 2.01. The minimum Gasteiger partial charge on any atom is -0.489 e. The zero-order valence-corrected chi connectivity index (χ0v) is 10.9. The second-order valence-corrected chi connectivity index (χ2v) is 4.05. The molecule has 0 aliphatic rings. The van der Waals surface area contributed by atoms with E-state index >= 15 is 0 Å². The Morgan fingerprint density at radius 2 is 1.81 bits per heavy atom. The van der Waals surface area contributed by atoms with Gasteiger partial charge in [0.05, 0.1) is 4.47 Å². The minimum atomic E-state index is 0.477. The van der Waals surface area contributed by atoms with E-state index in [-0.39, 0.29) is 0 Å². The standard InChI is InChI=1S/C13H15BrO2/c1-4-8-15-12-7-6-11(14)13(10(12)3)16-9-5-2/h4-7H,1-2,8-9H2,3H3. The molecule has 0 aliphatic heterocycles. The lowest BCUT2D eigenvalue weighted by molar-refractivity contribution is 0.339. The van der Waals surface area contributed by atoms with Crippen LogP contribution in [-0.2, 0) is 0 Å². The third kappa shape index (κ3) is 3.14. The van der Waals surface area contributed by atoms with Crippen molar-refractivity contribution in [2.75, 3.05) is 13.2 Å². The SMILES string of the molecule is C=CCOc1ccc(Br)c(OCC=C)c1C. The van der Waals surface area contributed by atoms with Crippen molar-refractivity contribution in [1.29, 1.82) is 0 Å². The van der Waals surface area contributed by atoms with E-state index in [1.807, 2.05) is 19.1 Å². The topological polar surface area (TPSA) is 18.5 Å². The van der Waals surface area contributed by atoms with Gasteiger partial charge in [-0.25, -0.2) is 0 Å². The average Bonchev–Trinajstić information content (AvgIpc) is 2.28. The molecule has 0 fully saturated rings. The number of rotatable bonds is 6. The summed E-state index contributed by atoms with van der Waals surface area (Å²) in [6.07, 6.45) is 3.43. The van der Waals surface area contributed by atoms with E-state index in [4.69, 9.17) is 9.47 Å². The molecule has 0 saturated heterocycles. The van der Waals surface area contributed by atoms with Gasteiger partial charge < -0.3 is 9.47 Å². The number of hydrogen-bond donors (Lipinski definition) is 0. The maximum atomic E-state index is 5.57. The van der Waals surface area contributed by atoms with Crippen LogP contribution in [0.1, 0.15) is 5.56 Å². The van der Waals surface area contributed by atoms with E-state index < -0.39 is 0 Å². The van der Waals surface area contributed by atoms with Crippen molar-refractivity contribution in [2.24, 2.45) is 0 Å². The molecule has 0 radical (unpaired) electrons. The van der Waals surface area contributed by atoms with E-state index in [0.29, 0.717) is 13.2 Å². The van der Waals surface area contributed by atoms with Gasteiger partial charge in [0.2, 0.25) is 0 Å². The van der Waals surface area contributed by atoms with Gasteiger partial charge in [0, 0.05) is 5.56 Å². The fourth-order valence-corrected chi connectivity index (χ4v) is 1.81. The van der Waals surface area contributed by atoms with Crippen LogP contribution in [0.15, 0.2) is 41.9 Å². The summed E-state index contributed by atoms with van der Waals surface area (Å²) in [5, 5.41) is 0. The van der Waals surface area contributed by atoms with Crippen LogP contribution in [0.5, 0.6) is 11.5 Å². The van der Waals surface area contributed by atoms with Crippen molar-refractivity contribution in [2.45, 2.75) is 6.92 Å². The molecule has 0 aromatic heterocycles. The quantitative estimate of drug-likeness (QED) is 0.737. The summed E-state index contributed by atoms with van der Waals surface area (Å²) in [7, 11) is 0. The molecule has 1 aromatic rings. The Bertz CT molecular complexity index is 386. The van der Waals surface area contributed by atoms with Crippen LogP contribution in [-0.4, -0.2) is 13.2 Å². The summed E-state index contributed by atoms with van der Waals surface area (Å²) in [6, 6.07) is 3.81. The van der Waals surface area contributed by atoms with E-state index in [9.17, 15) is 0 Å².